The molecule has 2 atom stereocenters. The number of piperidine rings is 1. The first kappa shape index (κ1) is 26.5. The molecular weight excluding hydrogens is 513 g/mol. The lowest BCUT2D eigenvalue weighted by atomic mass is 9.88. The van der Waals surface area contributed by atoms with Gasteiger partial charge in [-0.3, -0.25) is 4.90 Å². The van der Waals surface area contributed by atoms with Crippen LogP contribution < -0.4 is 9.47 Å². The number of benzene rings is 2. The fourth-order valence-electron chi connectivity index (χ4n) is 5.86. The van der Waals surface area contributed by atoms with Crippen molar-refractivity contribution in [3.8, 4) is 11.5 Å². The molecular formula is C31H34FN3O5. The van der Waals surface area contributed by atoms with Gasteiger partial charge in [-0.2, -0.15) is 0 Å². The van der Waals surface area contributed by atoms with Gasteiger partial charge in [0.1, 0.15) is 11.6 Å². The zero-order valence-electron chi connectivity index (χ0n) is 22.8. The highest BCUT2D eigenvalue weighted by Gasteiger charge is 2.42. The van der Waals surface area contributed by atoms with Crippen molar-refractivity contribution in [2.75, 3.05) is 19.7 Å². The van der Waals surface area contributed by atoms with Gasteiger partial charge in [0.15, 0.2) is 11.5 Å². The highest BCUT2D eigenvalue weighted by Crippen LogP contribution is 2.49. The van der Waals surface area contributed by atoms with E-state index in [1.54, 1.807) is 25.3 Å². The Balaban J connectivity index is 1.14. The van der Waals surface area contributed by atoms with Crippen LogP contribution >= 0.6 is 0 Å². The summed E-state index contributed by atoms with van der Waals surface area (Å²) in [6.45, 7) is 7.49. The van der Waals surface area contributed by atoms with Gasteiger partial charge in [0.2, 0.25) is 0 Å². The van der Waals surface area contributed by atoms with E-state index in [0.717, 1.165) is 67.7 Å². The third-order valence-corrected chi connectivity index (χ3v) is 8.16. The monoisotopic (exact) mass is 547 g/mol. The second-order valence-electron chi connectivity index (χ2n) is 11.0. The average molecular weight is 548 g/mol. The summed E-state index contributed by atoms with van der Waals surface area (Å²) in [4.78, 5) is 18.1. The minimum atomic E-state index is -1.22. The summed E-state index contributed by atoms with van der Waals surface area (Å²) in [5.74, 6) is 0.00462. The van der Waals surface area contributed by atoms with Gasteiger partial charge in [0.25, 0.3) is 5.79 Å². The lowest BCUT2D eigenvalue weighted by Crippen LogP contribution is -2.35. The number of carboxylic acids is 1. The standard InChI is InChI=1S/C31H34FN3O5/c1-20-6-8-25(26(32)16-20)31(2)39-27-5-3-4-24(30(27)40-31)21-10-13-34(14-11-21)19-28-33-17-22(7-9-29(36)37)35(28)18-23-12-15-38-23/h3-9,16-17,21,23H,10-15,18-19H2,1-2H3,(H,36,37)/b9-7+. The van der Waals surface area contributed by atoms with Gasteiger partial charge in [-0.05, 0) is 75.0 Å². The summed E-state index contributed by atoms with van der Waals surface area (Å²) in [5, 5.41) is 9.08. The summed E-state index contributed by atoms with van der Waals surface area (Å²) in [5.41, 5.74) is 3.10. The van der Waals surface area contributed by atoms with Crippen molar-refractivity contribution < 1.29 is 28.5 Å². The zero-order valence-corrected chi connectivity index (χ0v) is 22.8. The molecule has 2 saturated heterocycles. The summed E-state index contributed by atoms with van der Waals surface area (Å²) < 4.78 is 35.1. The predicted octanol–water partition coefficient (Wildman–Crippen LogP) is 5.24. The normalized spacial score (nSPS) is 23.0. The minimum Gasteiger partial charge on any atom is -0.478 e. The number of aromatic nitrogens is 2. The fourth-order valence-corrected chi connectivity index (χ4v) is 5.86. The van der Waals surface area contributed by atoms with E-state index in [9.17, 15) is 9.18 Å². The summed E-state index contributed by atoms with van der Waals surface area (Å²) in [7, 11) is 0. The first-order valence-corrected chi connectivity index (χ1v) is 13.9. The van der Waals surface area contributed by atoms with Gasteiger partial charge in [-0.15, -0.1) is 0 Å². The molecule has 3 aliphatic heterocycles. The number of likely N-dealkylation sites (tertiary alicyclic amines) is 1. The average Bonchev–Trinajstić information content (AvgIpc) is 3.45. The van der Waals surface area contributed by atoms with E-state index >= 15 is 0 Å². The second kappa shape index (κ2) is 10.7. The number of rotatable bonds is 8. The Morgan fingerprint density at radius 3 is 2.70 bits per heavy atom. The first-order valence-electron chi connectivity index (χ1n) is 13.9. The number of carboxylic acid groups (broad SMARTS) is 1. The Morgan fingerprint density at radius 1 is 1.20 bits per heavy atom. The molecule has 0 bridgehead atoms. The Bertz CT molecular complexity index is 1440. The molecule has 40 heavy (non-hydrogen) atoms. The molecule has 8 nitrogen and oxygen atoms in total. The van der Waals surface area contributed by atoms with Crippen molar-refractivity contribution in [3.63, 3.8) is 0 Å². The van der Waals surface area contributed by atoms with E-state index in [4.69, 9.17) is 19.3 Å². The summed E-state index contributed by atoms with van der Waals surface area (Å²) >= 11 is 0. The molecule has 4 heterocycles. The third kappa shape index (κ3) is 5.23. The molecule has 0 spiro atoms. The van der Waals surface area contributed by atoms with E-state index in [2.05, 4.69) is 20.5 Å². The lowest BCUT2D eigenvalue weighted by molar-refractivity contribution is -0.131. The van der Waals surface area contributed by atoms with E-state index in [1.807, 2.05) is 25.1 Å². The maximum absolute atomic E-state index is 14.8. The second-order valence-corrected chi connectivity index (χ2v) is 11.0. The first-order chi connectivity index (χ1) is 19.3. The molecule has 1 aromatic heterocycles. The number of aryl methyl sites for hydroxylation is 1. The Hall–Kier alpha value is -3.69. The van der Waals surface area contributed by atoms with Crippen LogP contribution in [0.5, 0.6) is 11.5 Å². The van der Waals surface area contributed by atoms with Gasteiger partial charge < -0.3 is 23.9 Å². The summed E-state index contributed by atoms with van der Waals surface area (Å²) in [6.07, 6.45) is 7.48. The number of hydrogen-bond donors (Lipinski definition) is 1. The SMILES string of the molecule is Cc1ccc(C2(C)Oc3cccc(C4CCN(Cc5ncc(/C=C/C(=O)O)n5CC5CCO5)CC4)c3O2)c(F)c1. The van der Waals surface area contributed by atoms with E-state index in [-0.39, 0.29) is 17.8 Å². The highest BCUT2D eigenvalue weighted by atomic mass is 19.1. The van der Waals surface area contributed by atoms with Gasteiger partial charge in [-0.25, -0.2) is 14.2 Å². The fraction of sp³-hybridized carbons (Fsp3) is 0.419. The number of nitrogens with zero attached hydrogens (tertiary/aromatic N) is 3. The Morgan fingerprint density at radius 2 is 2.00 bits per heavy atom. The predicted molar refractivity (Wildman–Crippen MR) is 147 cm³/mol. The highest BCUT2D eigenvalue weighted by molar-refractivity contribution is 5.84. The Labute approximate surface area is 233 Å². The van der Waals surface area contributed by atoms with Crippen molar-refractivity contribution >= 4 is 12.0 Å². The number of halogens is 1. The van der Waals surface area contributed by atoms with Crippen LogP contribution in [0.25, 0.3) is 6.08 Å². The molecule has 0 aliphatic carbocycles. The molecule has 2 fully saturated rings. The van der Waals surface area contributed by atoms with Crippen molar-refractivity contribution in [2.45, 2.75) is 64.0 Å². The molecule has 3 aromatic rings. The van der Waals surface area contributed by atoms with Crippen LogP contribution in [-0.4, -0.2) is 51.3 Å². The van der Waals surface area contributed by atoms with Crippen LogP contribution in [-0.2, 0) is 28.4 Å². The minimum absolute atomic E-state index is 0.136. The van der Waals surface area contributed by atoms with Crippen molar-refractivity contribution in [1.29, 1.82) is 0 Å². The maximum atomic E-state index is 14.8. The molecule has 0 radical (unpaired) electrons. The van der Waals surface area contributed by atoms with E-state index < -0.39 is 11.8 Å². The van der Waals surface area contributed by atoms with Gasteiger partial charge in [-0.1, -0.05) is 18.2 Å². The molecule has 0 saturated carbocycles. The maximum Gasteiger partial charge on any atom is 0.328 e. The van der Waals surface area contributed by atoms with Crippen molar-refractivity contribution in [2.24, 2.45) is 0 Å². The number of imidazole rings is 1. The van der Waals surface area contributed by atoms with Crippen LogP contribution in [0, 0.1) is 12.7 Å². The molecule has 210 valence electrons. The number of ether oxygens (including phenoxy) is 3. The lowest BCUT2D eigenvalue weighted by Gasteiger charge is -2.33. The molecule has 1 N–H and O–H groups in total. The molecule has 0 amide bonds. The van der Waals surface area contributed by atoms with E-state index in [1.165, 1.54) is 6.07 Å². The molecule has 2 aromatic carbocycles. The number of hydrogen-bond acceptors (Lipinski definition) is 6. The van der Waals surface area contributed by atoms with Gasteiger partial charge in [0.05, 0.1) is 36.6 Å². The van der Waals surface area contributed by atoms with Crippen LogP contribution in [0.3, 0.4) is 0 Å². The molecule has 3 aliphatic rings. The summed E-state index contributed by atoms with van der Waals surface area (Å²) in [6, 6.07) is 11.1. The van der Waals surface area contributed by atoms with Crippen LogP contribution in [0.15, 0.2) is 48.7 Å². The quantitative estimate of drug-likeness (QED) is 0.386. The largest absolute Gasteiger partial charge is 0.478 e. The van der Waals surface area contributed by atoms with Crippen LogP contribution in [0.1, 0.15) is 60.3 Å². The smallest absolute Gasteiger partial charge is 0.328 e. The number of carbonyl (C=O) groups is 1. The van der Waals surface area contributed by atoms with Crippen molar-refractivity contribution in [3.05, 3.63) is 82.7 Å². The molecule has 9 heteroatoms. The molecule has 2 unspecified atom stereocenters. The van der Waals surface area contributed by atoms with E-state index in [0.29, 0.717) is 30.2 Å². The molecule has 6 rings (SSSR count). The zero-order chi connectivity index (χ0) is 27.9. The third-order valence-electron chi connectivity index (χ3n) is 8.16. The number of para-hydroxylation sites is 1. The topological polar surface area (TPSA) is 86.1 Å². The Kier molecular flexibility index (Phi) is 7.10. The van der Waals surface area contributed by atoms with Crippen LogP contribution in [0.4, 0.5) is 4.39 Å². The van der Waals surface area contributed by atoms with Gasteiger partial charge in [0, 0.05) is 25.2 Å². The van der Waals surface area contributed by atoms with Crippen molar-refractivity contribution in [1.82, 2.24) is 14.5 Å². The number of aliphatic carboxylic acids is 1. The van der Waals surface area contributed by atoms with Crippen LogP contribution in [0.2, 0.25) is 0 Å². The number of fused-ring (bicyclic) bond motifs is 1. The van der Waals surface area contributed by atoms with Gasteiger partial charge >= 0.3 is 5.97 Å².